The van der Waals surface area contributed by atoms with Gasteiger partial charge in [-0.2, -0.15) is 0 Å². The van der Waals surface area contributed by atoms with Crippen LogP contribution in [0.5, 0.6) is 0 Å². The van der Waals surface area contributed by atoms with Crippen LogP contribution < -0.4 is 10.6 Å². The Hall–Kier alpha value is -2.00. The van der Waals surface area contributed by atoms with Gasteiger partial charge < -0.3 is 55.1 Å². The maximum Gasteiger partial charge on any atom is 0.240 e. The normalized spacial score (nSPS) is 48.4. The van der Waals surface area contributed by atoms with E-state index in [4.69, 9.17) is 14.2 Å². The highest BCUT2D eigenvalue weighted by Gasteiger charge is 2.77. The van der Waals surface area contributed by atoms with Crippen LogP contribution in [0.1, 0.15) is 111 Å². The van der Waals surface area contributed by atoms with Gasteiger partial charge in [0.1, 0.15) is 24.0 Å². The first-order chi connectivity index (χ1) is 28.8. The van der Waals surface area contributed by atoms with E-state index in [1.165, 1.54) is 6.92 Å². The number of carbonyl (C=O) groups is 2. The van der Waals surface area contributed by atoms with E-state index in [1.54, 1.807) is 20.1 Å². The van der Waals surface area contributed by atoms with Crippen molar-refractivity contribution in [1.82, 2.24) is 15.5 Å². The summed E-state index contributed by atoms with van der Waals surface area (Å²) in [6, 6.07) is -0.884. The predicted octanol–water partition coefficient (Wildman–Crippen LogP) is 1.52. The van der Waals surface area contributed by atoms with Crippen LogP contribution in [-0.4, -0.2) is 147 Å². The van der Waals surface area contributed by atoms with Gasteiger partial charge in [-0.1, -0.05) is 32.6 Å². The molecule has 10 rings (SSSR count). The fourth-order valence-corrected chi connectivity index (χ4v) is 15.2. The number of allylic oxidation sites excluding steroid dienone is 1. The van der Waals surface area contributed by atoms with Gasteiger partial charge in [0, 0.05) is 80.9 Å². The van der Waals surface area contributed by atoms with Crippen LogP contribution in [0.4, 0.5) is 0 Å². The number of hydrogen-bond donors (Lipinski definition) is 8. The van der Waals surface area contributed by atoms with Crippen LogP contribution >= 0.6 is 0 Å². The Bertz CT molecular complexity index is 1840. The number of amides is 1. The Morgan fingerprint density at radius 2 is 1.77 bits per heavy atom. The van der Waals surface area contributed by atoms with Crippen molar-refractivity contribution in [3.05, 3.63) is 11.6 Å². The van der Waals surface area contributed by atoms with E-state index >= 15 is 0 Å². The largest absolute Gasteiger partial charge is 0.392 e. The van der Waals surface area contributed by atoms with E-state index in [9.17, 15) is 40.2 Å². The molecule has 10 aliphatic rings. The first-order valence-electron chi connectivity index (χ1n) is 23.4. The summed E-state index contributed by atoms with van der Waals surface area (Å²) in [5.41, 5.74) is -6.63. The molecule has 5 aliphatic heterocycles. The van der Waals surface area contributed by atoms with E-state index in [-0.39, 0.29) is 55.7 Å². The van der Waals surface area contributed by atoms with E-state index in [0.717, 1.165) is 25.7 Å². The van der Waals surface area contributed by atoms with Crippen molar-refractivity contribution >= 4 is 11.7 Å². The highest BCUT2D eigenvalue weighted by atomic mass is 16.6. The van der Waals surface area contributed by atoms with Crippen LogP contribution in [0, 0.1) is 57.2 Å². The lowest BCUT2D eigenvalue weighted by molar-refractivity contribution is -0.344. The van der Waals surface area contributed by atoms with E-state index in [0.29, 0.717) is 70.3 Å². The number of rotatable bonds is 9. The molecular weight excluding hydrogens is 783 g/mol. The first-order valence-corrected chi connectivity index (χ1v) is 23.4. The average Bonchev–Trinajstić information content (AvgIpc) is 3.47. The van der Waals surface area contributed by atoms with Crippen molar-refractivity contribution in [2.24, 2.45) is 45.3 Å². The van der Waals surface area contributed by atoms with Gasteiger partial charge in [0.15, 0.2) is 5.78 Å². The summed E-state index contributed by atoms with van der Waals surface area (Å²) in [6.45, 7) is 9.22. The van der Waals surface area contributed by atoms with Crippen LogP contribution in [0.3, 0.4) is 0 Å². The summed E-state index contributed by atoms with van der Waals surface area (Å²) in [5, 5.41) is 80.6. The molecule has 0 aromatic rings. The first kappa shape index (κ1) is 44.2. The lowest BCUT2D eigenvalue weighted by Gasteiger charge is -2.64. The fourth-order valence-electron chi connectivity index (χ4n) is 15.2. The zero-order valence-corrected chi connectivity index (χ0v) is 36.8. The Labute approximate surface area is 360 Å². The molecule has 0 aromatic carbocycles. The topological polar surface area (TPSA) is 210 Å². The van der Waals surface area contributed by atoms with E-state index < -0.39 is 87.0 Å². The summed E-state index contributed by atoms with van der Waals surface area (Å²) in [6.07, 6.45) is 4.75. The Morgan fingerprint density at radius 3 is 2.49 bits per heavy atom. The van der Waals surface area contributed by atoms with E-state index in [2.05, 4.69) is 29.4 Å². The lowest BCUT2D eigenvalue weighted by Crippen LogP contribution is -2.70. The Kier molecular flexibility index (Phi) is 11.1. The fraction of sp³-hybridized carbons (Fsp3) is 0.872. The van der Waals surface area contributed by atoms with Crippen molar-refractivity contribution in [3.63, 3.8) is 0 Å². The van der Waals surface area contributed by atoms with Crippen LogP contribution in [0.2, 0.25) is 0 Å². The lowest BCUT2D eigenvalue weighted by atomic mass is 9.39. The second-order valence-corrected chi connectivity index (χ2v) is 21.5. The Morgan fingerprint density at radius 1 is 1.02 bits per heavy atom. The zero-order chi connectivity index (χ0) is 43.5. The summed E-state index contributed by atoms with van der Waals surface area (Å²) in [4.78, 5) is 31.2. The number of nitrogens with one attached hydrogen (secondary N) is 2. The number of ether oxygens (including phenoxy) is 3. The standard InChI is InChI=1S/C47H71N3O11/c1-27(51)24-48-25-30-35-36-39(53)49-37(44(35)13-6-7-14-44)40(54)50-26-28(50)10-8-15-45-19-18-42(3)33(43(4,55)47(57,58)38(30)61-36)12-17-46(42,56)34(45)23-32(52)31-22-29(11-16-41(31,45)2)60-21-9-20-59-5/h23,27-31,33,35-39,48-49,51,53,55-58H,6-7,9-14,16-22,24-26H2,1-5H3. The Balaban J connectivity index is 1.16. The summed E-state index contributed by atoms with van der Waals surface area (Å²) in [5.74, 6) is 1.78. The maximum absolute atomic E-state index is 14.8. The van der Waals surface area contributed by atoms with Crippen LogP contribution in [-0.2, 0) is 23.8 Å². The van der Waals surface area contributed by atoms with Crippen LogP contribution in [0.15, 0.2) is 11.6 Å². The van der Waals surface area contributed by atoms with Crippen LogP contribution in [0.25, 0.3) is 0 Å². The number of piperidine rings is 1. The number of aliphatic hydroxyl groups is 6. The van der Waals surface area contributed by atoms with Crippen molar-refractivity contribution in [2.45, 2.75) is 171 Å². The zero-order valence-electron chi connectivity index (χ0n) is 36.8. The average molecular weight is 854 g/mol. The number of fused-ring (bicyclic) bond motifs is 4. The highest BCUT2D eigenvalue weighted by molar-refractivity contribution is 5.96. The molecule has 7 fully saturated rings. The minimum atomic E-state index is -2.90. The molecule has 14 nitrogen and oxygen atoms in total. The van der Waals surface area contributed by atoms with Gasteiger partial charge in [-0.05, 0) is 95.1 Å². The molecule has 16 unspecified atom stereocenters. The summed E-state index contributed by atoms with van der Waals surface area (Å²) >= 11 is 0. The summed E-state index contributed by atoms with van der Waals surface area (Å²) < 4.78 is 18.2. The van der Waals surface area contributed by atoms with E-state index in [1.807, 2.05) is 11.8 Å². The third kappa shape index (κ3) is 6.29. The molecule has 7 bridgehead atoms. The quantitative estimate of drug-likeness (QED) is 0.0718. The third-order valence-electron chi connectivity index (χ3n) is 18.6. The second kappa shape index (κ2) is 15.3. The smallest absolute Gasteiger partial charge is 0.240 e. The molecule has 4 saturated carbocycles. The predicted molar refractivity (Wildman–Crippen MR) is 222 cm³/mol. The third-order valence-corrected chi connectivity index (χ3v) is 18.6. The van der Waals surface area contributed by atoms with Gasteiger partial charge in [-0.15, -0.1) is 5.92 Å². The van der Waals surface area contributed by atoms with Gasteiger partial charge in [0.25, 0.3) is 0 Å². The minimum Gasteiger partial charge on any atom is -0.392 e. The number of ketones is 1. The summed E-state index contributed by atoms with van der Waals surface area (Å²) in [7, 11) is 1.67. The van der Waals surface area contributed by atoms with Crippen molar-refractivity contribution in [1.29, 1.82) is 0 Å². The highest BCUT2D eigenvalue weighted by Crippen LogP contribution is 2.74. The molecule has 61 heavy (non-hydrogen) atoms. The van der Waals surface area contributed by atoms with Crippen molar-refractivity contribution in [2.75, 3.05) is 40.0 Å². The molecule has 340 valence electrons. The molecule has 3 saturated heterocycles. The number of aliphatic hydroxyl groups excluding tert-OH is 2. The van der Waals surface area contributed by atoms with Crippen molar-refractivity contribution < 1.29 is 54.4 Å². The molecule has 2 spiro atoms. The molecule has 5 aliphatic carbocycles. The monoisotopic (exact) mass is 854 g/mol. The SMILES string of the molecule is COCCCOC1CCC2(C)C(C1)C(=O)C=C1C3(O)CCC4C(C)(O)C(O)(O)C5OC6C(O)NC(C(=O)N7CC7CC#CC12CCC43C)C1(CCCC1)C6C5CNCC(C)O. The second-order valence-electron chi connectivity index (χ2n) is 21.5. The number of carbonyl (C=O) groups excluding carboxylic acids is 2. The van der Waals surface area contributed by atoms with Gasteiger partial charge in [-0.3, -0.25) is 14.9 Å². The van der Waals surface area contributed by atoms with Gasteiger partial charge in [0.2, 0.25) is 11.7 Å². The number of nitrogens with zero attached hydrogens (tertiary/aromatic N) is 1. The maximum atomic E-state index is 14.8. The van der Waals surface area contributed by atoms with Gasteiger partial charge in [-0.25, -0.2) is 0 Å². The number of hydrogen-bond acceptors (Lipinski definition) is 13. The molecule has 0 aromatic heterocycles. The molecule has 5 heterocycles. The molecule has 0 radical (unpaired) electrons. The number of methoxy groups -OCH3 is 1. The molecule has 8 N–H and O–H groups in total. The molecule has 16 atom stereocenters. The molecule has 1 amide bonds. The molecular formula is C47H71N3O11. The molecule has 14 heteroatoms. The van der Waals surface area contributed by atoms with Crippen molar-refractivity contribution in [3.8, 4) is 11.8 Å². The minimum absolute atomic E-state index is 0.0620. The van der Waals surface area contributed by atoms with Gasteiger partial charge >= 0.3 is 0 Å². The van der Waals surface area contributed by atoms with Gasteiger partial charge in [0.05, 0.1) is 35.3 Å².